The largest absolute Gasteiger partial charge is 0.491 e. The Hall–Kier alpha value is -1.53. The molecule has 0 aliphatic carbocycles. The van der Waals surface area contributed by atoms with Crippen LogP contribution in [0.4, 0.5) is 0 Å². The van der Waals surface area contributed by atoms with Gasteiger partial charge in [-0.1, -0.05) is 0 Å². The number of methoxy groups -OCH3 is 1. The Balaban J connectivity index is 0.00000220. The molecule has 2 rings (SSSR count). The molecule has 1 saturated heterocycles. The van der Waals surface area contributed by atoms with Gasteiger partial charge in [0.05, 0.1) is 7.11 Å². The van der Waals surface area contributed by atoms with E-state index in [-0.39, 0.29) is 42.2 Å². The summed E-state index contributed by atoms with van der Waals surface area (Å²) in [6.07, 6.45) is 4.29. The molecule has 1 amide bonds. The number of carbonyl (C=O) groups is 1. The van der Waals surface area contributed by atoms with Crippen LogP contribution >= 0.6 is 12.4 Å². The molecule has 118 valence electrons. The second kappa shape index (κ2) is 8.05. The SMILES string of the molecule is COc1cccn(CC(=O)N2CCCC(N)CC2)c1=O.Cl. The van der Waals surface area contributed by atoms with Crippen LogP contribution in [0.15, 0.2) is 23.1 Å². The molecule has 0 aromatic carbocycles. The maximum Gasteiger partial charge on any atom is 0.293 e. The standard InChI is InChI=1S/C14H21N3O3.ClH/c1-20-12-5-3-8-17(14(12)19)10-13(18)16-7-2-4-11(15)6-9-16;/h3,5,8,11H,2,4,6-7,9-10,15H2,1H3;1H. The Bertz CT molecular complexity index is 532. The van der Waals surface area contributed by atoms with Gasteiger partial charge in [0.1, 0.15) is 6.54 Å². The van der Waals surface area contributed by atoms with Crippen molar-refractivity contribution in [2.75, 3.05) is 20.2 Å². The van der Waals surface area contributed by atoms with Gasteiger partial charge in [0.25, 0.3) is 5.56 Å². The Morgan fingerprint density at radius 3 is 2.90 bits per heavy atom. The molecule has 0 bridgehead atoms. The maximum absolute atomic E-state index is 12.3. The van der Waals surface area contributed by atoms with E-state index in [9.17, 15) is 9.59 Å². The molecule has 1 aliphatic rings. The second-order valence-electron chi connectivity index (χ2n) is 5.08. The first kappa shape index (κ1) is 17.5. The molecule has 2 heterocycles. The third kappa shape index (κ3) is 4.47. The van der Waals surface area contributed by atoms with Crippen LogP contribution in [0, 0.1) is 0 Å². The van der Waals surface area contributed by atoms with Gasteiger partial charge in [-0.25, -0.2) is 0 Å². The monoisotopic (exact) mass is 315 g/mol. The van der Waals surface area contributed by atoms with Gasteiger partial charge in [0.15, 0.2) is 5.75 Å². The molecule has 6 nitrogen and oxygen atoms in total. The smallest absolute Gasteiger partial charge is 0.293 e. The van der Waals surface area contributed by atoms with Gasteiger partial charge >= 0.3 is 0 Å². The second-order valence-corrected chi connectivity index (χ2v) is 5.08. The first-order chi connectivity index (χ1) is 9.61. The molecule has 21 heavy (non-hydrogen) atoms. The summed E-state index contributed by atoms with van der Waals surface area (Å²) in [7, 11) is 1.44. The van der Waals surface area contributed by atoms with Gasteiger partial charge < -0.3 is 19.9 Å². The first-order valence-electron chi connectivity index (χ1n) is 6.88. The van der Waals surface area contributed by atoms with Gasteiger partial charge in [0, 0.05) is 25.3 Å². The number of hydrogen-bond acceptors (Lipinski definition) is 4. The Labute approximate surface area is 130 Å². The van der Waals surface area contributed by atoms with E-state index >= 15 is 0 Å². The zero-order valence-corrected chi connectivity index (χ0v) is 13.0. The summed E-state index contributed by atoms with van der Waals surface area (Å²) in [4.78, 5) is 26.0. The van der Waals surface area contributed by atoms with Crippen LogP contribution < -0.4 is 16.0 Å². The number of rotatable bonds is 3. The normalized spacial score (nSPS) is 18.6. The molecule has 7 heteroatoms. The number of carbonyl (C=O) groups excluding carboxylic acids is 1. The highest BCUT2D eigenvalue weighted by Gasteiger charge is 2.19. The van der Waals surface area contributed by atoms with Crippen molar-refractivity contribution in [1.82, 2.24) is 9.47 Å². The summed E-state index contributed by atoms with van der Waals surface area (Å²) >= 11 is 0. The summed E-state index contributed by atoms with van der Waals surface area (Å²) < 4.78 is 6.35. The third-order valence-corrected chi connectivity index (χ3v) is 3.64. The van der Waals surface area contributed by atoms with Crippen molar-refractivity contribution in [3.05, 3.63) is 28.7 Å². The number of hydrogen-bond donors (Lipinski definition) is 1. The van der Waals surface area contributed by atoms with Crippen molar-refractivity contribution in [2.24, 2.45) is 5.73 Å². The molecular formula is C14H22ClN3O3. The molecule has 1 aromatic heterocycles. The zero-order valence-electron chi connectivity index (χ0n) is 12.2. The third-order valence-electron chi connectivity index (χ3n) is 3.64. The Morgan fingerprint density at radius 1 is 1.43 bits per heavy atom. The minimum atomic E-state index is -0.283. The van der Waals surface area contributed by atoms with Gasteiger partial charge in [-0.05, 0) is 31.4 Å². The number of amides is 1. The van der Waals surface area contributed by atoms with E-state index in [4.69, 9.17) is 10.5 Å². The molecule has 1 fully saturated rings. The molecule has 1 atom stereocenters. The van der Waals surface area contributed by atoms with Gasteiger partial charge in [-0.15, -0.1) is 12.4 Å². The molecule has 1 aliphatic heterocycles. The van der Waals surface area contributed by atoms with Crippen molar-refractivity contribution in [3.63, 3.8) is 0 Å². The highest BCUT2D eigenvalue weighted by molar-refractivity contribution is 5.85. The number of likely N-dealkylation sites (tertiary alicyclic amines) is 1. The number of pyridine rings is 1. The lowest BCUT2D eigenvalue weighted by atomic mass is 10.1. The van der Waals surface area contributed by atoms with Crippen LogP contribution in [-0.4, -0.2) is 41.6 Å². The van der Waals surface area contributed by atoms with Crippen LogP contribution in [-0.2, 0) is 11.3 Å². The number of aromatic nitrogens is 1. The minimum absolute atomic E-state index is 0. The van der Waals surface area contributed by atoms with Crippen molar-refractivity contribution in [1.29, 1.82) is 0 Å². The van der Waals surface area contributed by atoms with E-state index in [1.54, 1.807) is 23.2 Å². The highest BCUT2D eigenvalue weighted by Crippen LogP contribution is 2.10. The first-order valence-corrected chi connectivity index (χ1v) is 6.88. The molecular weight excluding hydrogens is 294 g/mol. The quantitative estimate of drug-likeness (QED) is 0.887. The van der Waals surface area contributed by atoms with E-state index < -0.39 is 0 Å². The van der Waals surface area contributed by atoms with Gasteiger partial charge in [-0.2, -0.15) is 0 Å². The van der Waals surface area contributed by atoms with Crippen molar-refractivity contribution < 1.29 is 9.53 Å². The summed E-state index contributed by atoms with van der Waals surface area (Å²) in [6, 6.07) is 3.47. The molecule has 1 aromatic rings. The summed E-state index contributed by atoms with van der Waals surface area (Å²) in [5.74, 6) is 0.202. The molecule has 0 radical (unpaired) electrons. The lowest BCUT2D eigenvalue weighted by Gasteiger charge is -2.21. The van der Waals surface area contributed by atoms with Crippen molar-refractivity contribution >= 4 is 18.3 Å². The summed E-state index contributed by atoms with van der Waals surface area (Å²) in [5, 5.41) is 0. The van der Waals surface area contributed by atoms with E-state index in [1.807, 2.05) is 0 Å². The molecule has 2 N–H and O–H groups in total. The van der Waals surface area contributed by atoms with Crippen LogP contribution in [0.1, 0.15) is 19.3 Å². The lowest BCUT2D eigenvalue weighted by molar-refractivity contribution is -0.131. The summed E-state index contributed by atoms with van der Waals surface area (Å²) in [6.45, 7) is 1.43. The highest BCUT2D eigenvalue weighted by atomic mass is 35.5. The zero-order chi connectivity index (χ0) is 14.5. The van der Waals surface area contributed by atoms with E-state index in [0.29, 0.717) is 13.1 Å². The number of ether oxygens (including phenoxy) is 1. The Kier molecular flexibility index (Phi) is 6.71. The van der Waals surface area contributed by atoms with E-state index in [0.717, 1.165) is 19.3 Å². The van der Waals surface area contributed by atoms with Crippen LogP contribution in [0.2, 0.25) is 0 Å². The van der Waals surface area contributed by atoms with Crippen molar-refractivity contribution in [2.45, 2.75) is 31.8 Å². The number of nitrogens with two attached hydrogens (primary N) is 1. The van der Waals surface area contributed by atoms with Crippen molar-refractivity contribution in [3.8, 4) is 5.75 Å². The number of nitrogens with zero attached hydrogens (tertiary/aromatic N) is 2. The summed E-state index contributed by atoms with van der Waals surface area (Å²) in [5.41, 5.74) is 5.62. The van der Waals surface area contributed by atoms with E-state index in [1.165, 1.54) is 11.7 Å². The number of halogens is 1. The minimum Gasteiger partial charge on any atom is -0.491 e. The maximum atomic E-state index is 12.3. The lowest BCUT2D eigenvalue weighted by Crippen LogP contribution is -2.37. The van der Waals surface area contributed by atoms with Gasteiger partial charge in [-0.3, -0.25) is 9.59 Å². The molecule has 0 saturated carbocycles. The molecule has 0 spiro atoms. The van der Waals surface area contributed by atoms with Crippen LogP contribution in [0.3, 0.4) is 0 Å². The fourth-order valence-electron chi connectivity index (χ4n) is 2.41. The molecule has 1 unspecified atom stereocenters. The van der Waals surface area contributed by atoms with Gasteiger partial charge in [0.2, 0.25) is 5.91 Å². The average molecular weight is 316 g/mol. The predicted molar refractivity (Wildman–Crippen MR) is 82.9 cm³/mol. The topological polar surface area (TPSA) is 77.6 Å². The Morgan fingerprint density at radius 2 is 2.19 bits per heavy atom. The average Bonchev–Trinajstić information content (AvgIpc) is 2.66. The van der Waals surface area contributed by atoms with Crippen LogP contribution in [0.5, 0.6) is 5.75 Å². The predicted octanol–water partition coefficient (Wildman–Crippen LogP) is 0.618. The van der Waals surface area contributed by atoms with E-state index in [2.05, 4.69) is 0 Å². The van der Waals surface area contributed by atoms with Crippen LogP contribution in [0.25, 0.3) is 0 Å². The fraction of sp³-hybridized carbons (Fsp3) is 0.571. The fourth-order valence-corrected chi connectivity index (χ4v) is 2.41.